The Labute approximate surface area is 96.6 Å². The predicted octanol–water partition coefficient (Wildman–Crippen LogP) is 1.53. The van der Waals surface area contributed by atoms with Crippen LogP contribution in [0, 0.1) is 0 Å². The molecule has 1 unspecified atom stereocenters. The summed E-state index contributed by atoms with van der Waals surface area (Å²) in [7, 11) is 0. The number of hydrogen-bond acceptors (Lipinski definition) is 3. The molecule has 0 spiro atoms. The molecular formula is C10H12BrN3O. The second-order valence-electron chi connectivity index (χ2n) is 3.54. The van der Waals surface area contributed by atoms with E-state index in [0.29, 0.717) is 19.0 Å². The molecule has 2 heterocycles. The molecule has 1 saturated heterocycles. The van der Waals surface area contributed by atoms with Crippen LogP contribution in [0.25, 0.3) is 0 Å². The minimum absolute atomic E-state index is 0.141. The van der Waals surface area contributed by atoms with Crippen molar-refractivity contribution in [3.8, 4) is 0 Å². The number of carbonyl (C=O) groups is 1. The average Bonchev–Trinajstić information content (AvgIpc) is 2.25. The first-order valence-electron chi connectivity index (χ1n) is 4.88. The van der Waals surface area contributed by atoms with Gasteiger partial charge in [-0.3, -0.25) is 9.78 Å². The average molecular weight is 270 g/mol. The lowest BCUT2D eigenvalue weighted by atomic mass is 10.1. The molecule has 15 heavy (non-hydrogen) atoms. The van der Waals surface area contributed by atoms with Gasteiger partial charge >= 0.3 is 0 Å². The number of hydrogen-bond donors (Lipinski definition) is 2. The number of halogens is 1. The summed E-state index contributed by atoms with van der Waals surface area (Å²) >= 11 is 3.42. The highest BCUT2D eigenvalue weighted by atomic mass is 79.9. The standard InChI is InChI=1S/C10H12BrN3O/c11-8-6-12-4-3-9(8)14-7-1-2-10(15)13-5-7/h3-4,6-7H,1-2,5H2,(H,12,14)(H,13,15). The molecule has 1 fully saturated rings. The second-order valence-corrected chi connectivity index (χ2v) is 4.39. The van der Waals surface area contributed by atoms with Gasteiger partial charge in [0.2, 0.25) is 5.91 Å². The minimum Gasteiger partial charge on any atom is -0.380 e. The maximum absolute atomic E-state index is 11.0. The number of nitrogens with zero attached hydrogens (tertiary/aromatic N) is 1. The van der Waals surface area contributed by atoms with Gasteiger partial charge in [-0.25, -0.2) is 0 Å². The van der Waals surface area contributed by atoms with Crippen molar-refractivity contribution in [2.24, 2.45) is 0 Å². The third-order valence-electron chi connectivity index (χ3n) is 2.40. The van der Waals surface area contributed by atoms with Gasteiger partial charge in [0.05, 0.1) is 10.2 Å². The molecule has 1 aliphatic rings. The third kappa shape index (κ3) is 2.68. The SMILES string of the molecule is O=C1CCC(Nc2ccncc2Br)CN1. The molecule has 0 aromatic carbocycles. The molecule has 1 aromatic rings. The smallest absolute Gasteiger partial charge is 0.220 e. The van der Waals surface area contributed by atoms with Crippen molar-refractivity contribution < 1.29 is 4.79 Å². The Morgan fingerprint density at radius 1 is 1.60 bits per heavy atom. The third-order valence-corrected chi connectivity index (χ3v) is 3.03. The van der Waals surface area contributed by atoms with Crippen LogP contribution < -0.4 is 10.6 Å². The molecule has 2 N–H and O–H groups in total. The lowest BCUT2D eigenvalue weighted by Gasteiger charge is -2.24. The molecule has 1 aromatic heterocycles. The molecule has 2 rings (SSSR count). The Bertz CT molecular complexity index is 359. The number of aromatic nitrogens is 1. The van der Waals surface area contributed by atoms with Gasteiger partial charge in [0.1, 0.15) is 0 Å². The summed E-state index contributed by atoms with van der Waals surface area (Å²) in [6, 6.07) is 2.22. The highest BCUT2D eigenvalue weighted by Crippen LogP contribution is 2.22. The zero-order valence-electron chi connectivity index (χ0n) is 8.16. The van der Waals surface area contributed by atoms with E-state index in [1.54, 1.807) is 12.4 Å². The number of carbonyl (C=O) groups excluding carboxylic acids is 1. The molecule has 1 amide bonds. The first-order chi connectivity index (χ1) is 7.25. The first kappa shape index (κ1) is 10.4. The van der Waals surface area contributed by atoms with E-state index in [1.807, 2.05) is 6.07 Å². The monoisotopic (exact) mass is 269 g/mol. The normalized spacial score (nSPS) is 20.9. The molecule has 80 valence electrons. The van der Waals surface area contributed by atoms with Crippen LogP contribution >= 0.6 is 15.9 Å². The van der Waals surface area contributed by atoms with Gasteiger partial charge in [-0.05, 0) is 28.4 Å². The van der Waals surface area contributed by atoms with Gasteiger partial charge in [0, 0.05) is 31.4 Å². The number of rotatable bonds is 2. The van der Waals surface area contributed by atoms with Crippen LogP contribution in [-0.2, 0) is 4.79 Å². The molecule has 1 atom stereocenters. The van der Waals surface area contributed by atoms with Crippen LogP contribution in [0.4, 0.5) is 5.69 Å². The zero-order valence-corrected chi connectivity index (χ0v) is 9.75. The Hall–Kier alpha value is -1.10. The van der Waals surface area contributed by atoms with E-state index in [9.17, 15) is 4.79 Å². The number of piperidine rings is 1. The van der Waals surface area contributed by atoms with Crippen LogP contribution in [0.1, 0.15) is 12.8 Å². The summed E-state index contributed by atoms with van der Waals surface area (Å²) < 4.78 is 0.946. The quantitative estimate of drug-likeness (QED) is 0.857. The van der Waals surface area contributed by atoms with Crippen molar-refractivity contribution in [1.29, 1.82) is 0 Å². The van der Waals surface area contributed by atoms with E-state index in [1.165, 1.54) is 0 Å². The molecule has 0 bridgehead atoms. The number of anilines is 1. The second kappa shape index (κ2) is 4.61. The Morgan fingerprint density at radius 2 is 2.47 bits per heavy atom. The van der Waals surface area contributed by atoms with Gasteiger partial charge in [-0.15, -0.1) is 0 Å². The van der Waals surface area contributed by atoms with Crippen LogP contribution in [-0.4, -0.2) is 23.5 Å². The van der Waals surface area contributed by atoms with Crippen molar-refractivity contribution in [3.05, 3.63) is 22.9 Å². The number of nitrogens with one attached hydrogen (secondary N) is 2. The van der Waals surface area contributed by atoms with Crippen LogP contribution in [0.15, 0.2) is 22.9 Å². The molecule has 0 radical (unpaired) electrons. The number of amides is 1. The maximum atomic E-state index is 11.0. The van der Waals surface area contributed by atoms with E-state index in [0.717, 1.165) is 16.6 Å². The van der Waals surface area contributed by atoms with E-state index >= 15 is 0 Å². The fourth-order valence-electron chi connectivity index (χ4n) is 1.57. The van der Waals surface area contributed by atoms with Gasteiger partial charge in [-0.2, -0.15) is 0 Å². The van der Waals surface area contributed by atoms with Gasteiger partial charge in [0.15, 0.2) is 0 Å². The highest BCUT2D eigenvalue weighted by molar-refractivity contribution is 9.10. The molecule has 0 saturated carbocycles. The van der Waals surface area contributed by atoms with Crippen molar-refractivity contribution in [2.75, 3.05) is 11.9 Å². The summed E-state index contributed by atoms with van der Waals surface area (Å²) in [6.07, 6.45) is 4.97. The predicted molar refractivity (Wildman–Crippen MR) is 61.6 cm³/mol. The van der Waals surface area contributed by atoms with Crippen molar-refractivity contribution in [1.82, 2.24) is 10.3 Å². The van der Waals surface area contributed by atoms with Crippen molar-refractivity contribution in [3.63, 3.8) is 0 Å². The van der Waals surface area contributed by atoms with Gasteiger partial charge < -0.3 is 10.6 Å². The van der Waals surface area contributed by atoms with Gasteiger partial charge in [0.25, 0.3) is 0 Å². The zero-order chi connectivity index (χ0) is 10.7. The first-order valence-corrected chi connectivity index (χ1v) is 5.68. The molecule has 5 heteroatoms. The maximum Gasteiger partial charge on any atom is 0.220 e. The summed E-state index contributed by atoms with van der Waals surface area (Å²) in [4.78, 5) is 15.0. The molecule has 0 aliphatic carbocycles. The van der Waals surface area contributed by atoms with Crippen LogP contribution in [0.5, 0.6) is 0 Å². The Balaban J connectivity index is 1.97. The molecule has 1 aliphatic heterocycles. The van der Waals surface area contributed by atoms with Gasteiger partial charge in [-0.1, -0.05) is 0 Å². The van der Waals surface area contributed by atoms with Crippen molar-refractivity contribution >= 4 is 27.5 Å². The van der Waals surface area contributed by atoms with Crippen molar-refractivity contribution in [2.45, 2.75) is 18.9 Å². The van der Waals surface area contributed by atoms with E-state index in [2.05, 4.69) is 31.5 Å². The summed E-state index contributed by atoms with van der Waals surface area (Å²) in [5.74, 6) is 0.141. The Morgan fingerprint density at radius 3 is 3.13 bits per heavy atom. The Kier molecular flexibility index (Phi) is 3.20. The molecular weight excluding hydrogens is 258 g/mol. The highest BCUT2D eigenvalue weighted by Gasteiger charge is 2.17. The lowest BCUT2D eigenvalue weighted by molar-refractivity contribution is -0.122. The molecule has 4 nitrogen and oxygen atoms in total. The summed E-state index contributed by atoms with van der Waals surface area (Å²) in [5.41, 5.74) is 1.02. The number of pyridine rings is 1. The summed E-state index contributed by atoms with van der Waals surface area (Å²) in [6.45, 7) is 0.688. The summed E-state index contributed by atoms with van der Waals surface area (Å²) in [5, 5.41) is 6.21. The van der Waals surface area contributed by atoms with Crippen LogP contribution in [0.3, 0.4) is 0 Å². The topological polar surface area (TPSA) is 54.0 Å². The fourth-order valence-corrected chi connectivity index (χ4v) is 1.93. The van der Waals surface area contributed by atoms with E-state index in [-0.39, 0.29) is 5.91 Å². The minimum atomic E-state index is 0.141. The van der Waals surface area contributed by atoms with E-state index < -0.39 is 0 Å². The van der Waals surface area contributed by atoms with Crippen LogP contribution in [0.2, 0.25) is 0 Å². The lowest BCUT2D eigenvalue weighted by Crippen LogP contribution is -2.41. The van der Waals surface area contributed by atoms with E-state index in [4.69, 9.17) is 0 Å². The largest absolute Gasteiger partial charge is 0.380 e. The fraction of sp³-hybridized carbons (Fsp3) is 0.400.